The molecule has 3 aromatic rings. The maximum absolute atomic E-state index is 12.4. The van der Waals surface area contributed by atoms with Gasteiger partial charge in [-0.3, -0.25) is 4.79 Å². The minimum absolute atomic E-state index is 0.194. The SMILES string of the molecule is Nc1ccc2c(C(=O)Nc3ccc(Cl)c(Br)c3)c[nH]c2c1. The van der Waals surface area contributed by atoms with E-state index in [1.54, 1.807) is 36.5 Å². The first-order valence-electron chi connectivity index (χ1n) is 6.17. The fraction of sp³-hybridized carbons (Fsp3) is 0. The molecule has 21 heavy (non-hydrogen) atoms. The average Bonchev–Trinajstić information content (AvgIpc) is 2.85. The van der Waals surface area contributed by atoms with Crippen LogP contribution in [0, 0.1) is 0 Å². The van der Waals surface area contributed by atoms with Crippen molar-refractivity contribution < 1.29 is 4.79 Å². The second kappa shape index (κ2) is 5.42. The smallest absolute Gasteiger partial charge is 0.257 e. The van der Waals surface area contributed by atoms with E-state index in [9.17, 15) is 4.79 Å². The second-order valence-corrected chi connectivity index (χ2v) is 5.85. The number of rotatable bonds is 2. The van der Waals surface area contributed by atoms with Gasteiger partial charge in [0.1, 0.15) is 0 Å². The number of amides is 1. The summed E-state index contributed by atoms with van der Waals surface area (Å²) in [4.78, 5) is 15.4. The predicted molar refractivity (Wildman–Crippen MR) is 89.8 cm³/mol. The Kier molecular flexibility index (Phi) is 3.61. The lowest BCUT2D eigenvalue weighted by Crippen LogP contribution is -2.11. The lowest BCUT2D eigenvalue weighted by atomic mass is 10.1. The molecule has 0 saturated carbocycles. The van der Waals surface area contributed by atoms with E-state index in [0.717, 1.165) is 15.4 Å². The number of nitrogens with one attached hydrogen (secondary N) is 2. The van der Waals surface area contributed by atoms with Crippen molar-refractivity contribution in [3.63, 3.8) is 0 Å². The number of carbonyl (C=O) groups is 1. The van der Waals surface area contributed by atoms with Gasteiger partial charge >= 0.3 is 0 Å². The molecule has 3 rings (SSSR count). The van der Waals surface area contributed by atoms with Gasteiger partial charge in [0.25, 0.3) is 5.91 Å². The molecule has 1 amide bonds. The van der Waals surface area contributed by atoms with Gasteiger partial charge in [0.15, 0.2) is 0 Å². The molecule has 2 aromatic carbocycles. The number of benzene rings is 2. The van der Waals surface area contributed by atoms with Crippen LogP contribution in [0.25, 0.3) is 10.9 Å². The third-order valence-corrected chi connectivity index (χ3v) is 4.34. The summed E-state index contributed by atoms with van der Waals surface area (Å²) in [6.45, 7) is 0. The Labute approximate surface area is 134 Å². The summed E-state index contributed by atoms with van der Waals surface area (Å²) in [5, 5.41) is 4.26. The van der Waals surface area contributed by atoms with E-state index in [4.69, 9.17) is 17.3 Å². The van der Waals surface area contributed by atoms with E-state index in [2.05, 4.69) is 26.2 Å². The van der Waals surface area contributed by atoms with Crippen LogP contribution in [-0.2, 0) is 0 Å². The lowest BCUT2D eigenvalue weighted by Gasteiger charge is -2.06. The average molecular weight is 365 g/mol. The number of hydrogen-bond donors (Lipinski definition) is 3. The molecule has 0 aliphatic carbocycles. The molecule has 106 valence electrons. The number of aromatic amines is 1. The van der Waals surface area contributed by atoms with Crippen LogP contribution in [0.15, 0.2) is 47.1 Å². The molecule has 6 heteroatoms. The van der Waals surface area contributed by atoms with Crippen LogP contribution >= 0.6 is 27.5 Å². The standard InChI is InChI=1S/C15H11BrClN3O/c16-12-6-9(2-4-13(12)17)20-15(21)11-7-19-14-5-8(18)1-3-10(11)14/h1-7,19H,18H2,(H,20,21). The summed E-state index contributed by atoms with van der Waals surface area (Å²) in [7, 11) is 0. The number of halogens is 2. The summed E-state index contributed by atoms with van der Waals surface area (Å²) in [6.07, 6.45) is 1.67. The summed E-state index contributed by atoms with van der Waals surface area (Å²) >= 11 is 9.26. The Bertz CT molecular complexity index is 844. The van der Waals surface area contributed by atoms with Crippen LogP contribution in [0.5, 0.6) is 0 Å². The minimum Gasteiger partial charge on any atom is -0.399 e. The molecule has 0 bridgehead atoms. The number of fused-ring (bicyclic) bond motifs is 1. The van der Waals surface area contributed by atoms with Gasteiger partial charge in [-0.2, -0.15) is 0 Å². The topological polar surface area (TPSA) is 70.9 Å². The molecule has 4 N–H and O–H groups in total. The van der Waals surface area contributed by atoms with E-state index in [-0.39, 0.29) is 5.91 Å². The number of anilines is 2. The highest BCUT2D eigenvalue weighted by Gasteiger charge is 2.12. The monoisotopic (exact) mass is 363 g/mol. The zero-order chi connectivity index (χ0) is 15.0. The van der Waals surface area contributed by atoms with Crippen molar-refractivity contribution >= 4 is 55.7 Å². The quantitative estimate of drug-likeness (QED) is 0.589. The third kappa shape index (κ3) is 2.75. The molecule has 0 aliphatic rings. The Morgan fingerprint density at radius 2 is 2.05 bits per heavy atom. The molecule has 0 radical (unpaired) electrons. The number of nitrogen functional groups attached to an aromatic ring is 1. The highest BCUT2D eigenvalue weighted by molar-refractivity contribution is 9.10. The molecular weight excluding hydrogens is 354 g/mol. The summed E-state index contributed by atoms with van der Waals surface area (Å²) in [5.41, 5.74) is 8.44. The van der Waals surface area contributed by atoms with Crippen molar-refractivity contribution in [3.8, 4) is 0 Å². The van der Waals surface area contributed by atoms with E-state index in [1.165, 1.54) is 0 Å². The van der Waals surface area contributed by atoms with Gasteiger partial charge in [0.05, 0.1) is 10.6 Å². The molecule has 0 aliphatic heterocycles. The number of H-pyrrole nitrogens is 1. The molecule has 1 aromatic heterocycles. The van der Waals surface area contributed by atoms with E-state index < -0.39 is 0 Å². The van der Waals surface area contributed by atoms with E-state index in [1.807, 2.05) is 6.07 Å². The van der Waals surface area contributed by atoms with E-state index in [0.29, 0.717) is 22.0 Å². The van der Waals surface area contributed by atoms with Crippen molar-refractivity contribution in [1.29, 1.82) is 0 Å². The Hall–Kier alpha value is -1.98. The van der Waals surface area contributed by atoms with Crippen molar-refractivity contribution in [2.24, 2.45) is 0 Å². The molecule has 0 atom stereocenters. The fourth-order valence-corrected chi connectivity index (χ4v) is 2.60. The van der Waals surface area contributed by atoms with Crippen LogP contribution in [0.4, 0.5) is 11.4 Å². The molecule has 0 saturated heterocycles. The first kappa shape index (κ1) is 14.0. The lowest BCUT2D eigenvalue weighted by molar-refractivity contribution is 0.102. The Morgan fingerprint density at radius 3 is 2.81 bits per heavy atom. The number of nitrogens with two attached hydrogens (primary N) is 1. The highest BCUT2D eigenvalue weighted by atomic mass is 79.9. The summed E-state index contributed by atoms with van der Waals surface area (Å²) < 4.78 is 0.730. The number of carbonyl (C=O) groups excluding carboxylic acids is 1. The fourth-order valence-electron chi connectivity index (χ4n) is 2.10. The molecule has 0 fully saturated rings. The van der Waals surface area contributed by atoms with Gasteiger partial charge < -0.3 is 16.0 Å². The molecule has 4 nitrogen and oxygen atoms in total. The number of hydrogen-bond acceptors (Lipinski definition) is 2. The Morgan fingerprint density at radius 1 is 1.24 bits per heavy atom. The van der Waals surface area contributed by atoms with Gasteiger partial charge in [-0.1, -0.05) is 11.6 Å². The van der Waals surface area contributed by atoms with Crippen LogP contribution < -0.4 is 11.1 Å². The first-order chi connectivity index (χ1) is 10.0. The van der Waals surface area contributed by atoms with Crippen molar-refractivity contribution in [3.05, 3.63) is 57.7 Å². The minimum atomic E-state index is -0.194. The molecule has 0 spiro atoms. The zero-order valence-corrected chi connectivity index (χ0v) is 13.1. The first-order valence-corrected chi connectivity index (χ1v) is 7.35. The third-order valence-electron chi connectivity index (χ3n) is 3.13. The van der Waals surface area contributed by atoms with Crippen LogP contribution in [-0.4, -0.2) is 10.9 Å². The molecule has 0 unspecified atom stereocenters. The van der Waals surface area contributed by atoms with Crippen molar-refractivity contribution in [2.45, 2.75) is 0 Å². The van der Waals surface area contributed by atoms with Gasteiger partial charge in [-0.15, -0.1) is 0 Å². The van der Waals surface area contributed by atoms with Gasteiger partial charge in [-0.05, 0) is 52.3 Å². The van der Waals surface area contributed by atoms with E-state index >= 15 is 0 Å². The van der Waals surface area contributed by atoms with Gasteiger partial charge in [0.2, 0.25) is 0 Å². The van der Waals surface area contributed by atoms with Crippen LogP contribution in [0.1, 0.15) is 10.4 Å². The zero-order valence-electron chi connectivity index (χ0n) is 10.8. The predicted octanol–water partition coefficient (Wildman–Crippen LogP) is 4.42. The maximum Gasteiger partial charge on any atom is 0.257 e. The van der Waals surface area contributed by atoms with Crippen molar-refractivity contribution in [2.75, 3.05) is 11.1 Å². The molecular formula is C15H11BrClN3O. The second-order valence-electron chi connectivity index (χ2n) is 4.59. The van der Waals surface area contributed by atoms with Crippen LogP contribution in [0.2, 0.25) is 5.02 Å². The molecule has 1 heterocycles. The van der Waals surface area contributed by atoms with Crippen LogP contribution in [0.3, 0.4) is 0 Å². The largest absolute Gasteiger partial charge is 0.399 e. The summed E-state index contributed by atoms with van der Waals surface area (Å²) in [5.74, 6) is -0.194. The highest BCUT2D eigenvalue weighted by Crippen LogP contribution is 2.26. The Balaban J connectivity index is 1.91. The van der Waals surface area contributed by atoms with Gasteiger partial charge in [0, 0.05) is 32.9 Å². The summed E-state index contributed by atoms with van der Waals surface area (Å²) in [6, 6.07) is 10.6. The maximum atomic E-state index is 12.4. The van der Waals surface area contributed by atoms with Crippen molar-refractivity contribution in [1.82, 2.24) is 4.98 Å². The normalized spacial score (nSPS) is 10.8. The number of aromatic nitrogens is 1. The van der Waals surface area contributed by atoms with Gasteiger partial charge in [-0.25, -0.2) is 0 Å².